The van der Waals surface area contributed by atoms with Gasteiger partial charge in [-0.2, -0.15) is 0 Å². The lowest BCUT2D eigenvalue weighted by Gasteiger charge is -2.32. The molecule has 6 heterocycles. The monoisotopic (exact) mass is 900 g/mol. The van der Waals surface area contributed by atoms with Gasteiger partial charge in [0.1, 0.15) is 5.82 Å². The predicted octanol–water partition coefficient (Wildman–Crippen LogP) is 6.59. The maximum Gasteiger partial charge on any atom is 0.227 e. The number of benzene rings is 4. The van der Waals surface area contributed by atoms with Crippen LogP contribution >= 0.6 is 0 Å². The van der Waals surface area contributed by atoms with Crippen molar-refractivity contribution >= 4 is 28.5 Å². The Bertz CT molecular complexity index is 2650. The van der Waals surface area contributed by atoms with Gasteiger partial charge in [0, 0.05) is 115 Å². The van der Waals surface area contributed by atoms with E-state index in [9.17, 15) is 9.59 Å². The molecule has 6 aromatic rings. The average molecular weight is 900 g/mol. The summed E-state index contributed by atoms with van der Waals surface area (Å²) in [5.41, 5.74) is 8.80. The Morgan fingerprint density at radius 1 is 0.612 bits per heavy atom. The number of H-pyrrole nitrogens is 1. The number of nitrogens with one attached hydrogen (secondary N) is 2. The molecule has 2 aromatic heterocycles. The Balaban J connectivity index is 0.714. The number of anilines is 1. The molecule has 0 bridgehead atoms. The maximum atomic E-state index is 13.9. The summed E-state index contributed by atoms with van der Waals surface area (Å²) >= 11 is 0. The number of amides is 2. The zero-order chi connectivity index (χ0) is 45.7. The highest BCUT2D eigenvalue weighted by Crippen LogP contribution is 2.34. The fourth-order valence-corrected chi connectivity index (χ4v) is 10.4. The van der Waals surface area contributed by atoms with Gasteiger partial charge in [0.15, 0.2) is 0 Å². The summed E-state index contributed by atoms with van der Waals surface area (Å²) in [5, 5.41) is 5.69. The van der Waals surface area contributed by atoms with Crippen molar-refractivity contribution in [3.05, 3.63) is 132 Å². The fraction of sp³-hybridized carbons (Fsp3) is 0.426. The lowest BCUT2D eigenvalue weighted by atomic mass is 10.0. The molecule has 2 N–H and O–H groups in total. The minimum atomic E-state index is -0.0572. The first-order chi connectivity index (χ1) is 32.8. The summed E-state index contributed by atoms with van der Waals surface area (Å²) < 4.78 is 0. The molecule has 13 heteroatoms. The summed E-state index contributed by atoms with van der Waals surface area (Å²) in [7, 11) is 4.36. The third-order valence-corrected chi connectivity index (χ3v) is 14.7. The molecule has 2 atom stereocenters. The molecule has 2 amide bonds. The van der Waals surface area contributed by atoms with Crippen LogP contribution in [0.5, 0.6) is 0 Å². The highest BCUT2D eigenvalue weighted by molar-refractivity contribution is 5.90. The number of piperazine rings is 2. The van der Waals surface area contributed by atoms with Crippen molar-refractivity contribution in [3.63, 3.8) is 0 Å². The number of hydrogen-bond acceptors (Lipinski definition) is 10. The van der Waals surface area contributed by atoms with Crippen molar-refractivity contribution in [3.8, 4) is 22.4 Å². The van der Waals surface area contributed by atoms with Gasteiger partial charge in [-0.25, -0.2) is 15.0 Å². The van der Waals surface area contributed by atoms with Crippen molar-refractivity contribution < 1.29 is 9.59 Å². The second kappa shape index (κ2) is 20.5. The predicted molar refractivity (Wildman–Crippen MR) is 265 cm³/mol. The number of carbonyl (C=O) groups is 2. The summed E-state index contributed by atoms with van der Waals surface area (Å²) in [5.74, 6) is 2.18. The van der Waals surface area contributed by atoms with Crippen molar-refractivity contribution in [2.75, 3.05) is 97.9 Å². The van der Waals surface area contributed by atoms with Crippen LogP contribution in [0.25, 0.3) is 33.2 Å². The Labute approximate surface area is 395 Å². The molecule has 4 saturated heterocycles. The second-order valence-corrected chi connectivity index (χ2v) is 19.4. The third kappa shape index (κ3) is 10.8. The van der Waals surface area contributed by atoms with Crippen LogP contribution in [0.4, 0.5) is 5.95 Å². The maximum absolute atomic E-state index is 13.9. The number of likely N-dealkylation sites (N-methyl/N-ethyl adjacent to an activating group) is 2. The zero-order valence-corrected chi connectivity index (χ0v) is 39.2. The molecule has 67 heavy (non-hydrogen) atoms. The van der Waals surface area contributed by atoms with Gasteiger partial charge in [0.2, 0.25) is 17.8 Å². The number of aromatic nitrogens is 4. The summed E-state index contributed by atoms with van der Waals surface area (Å²) in [6, 6.07) is 29.8. The van der Waals surface area contributed by atoms with Crippen LogP contribution in [0.3, 0.4) is 0 Å². The van der Waals surface area contributed by atoms with Crippen molar-refractivity contribution in [2.45, 2.75) is 51.2 Å². The van der Waals surface area contributed by atoms with E-state index < -0.39 is 0 Å². The van der Waals surface area contributed by atoms with Gasteiger partial charge in [-0.05, 0) is 90.0 Å². The highest BCUT2D eigenvalue weighted by Gasteiger charge is 2.33. The van der Waals surface area contributed by atoms with E-state index in [1.807, 2.05) is 28.4 Å². The van der Waals surface area contributed by atoms with Gasteiger partial charge in [0.05, 0.1) is 30.8 Å². The highest BCUT2D eigenvalue weighted by atomic mass is 16.2. The molecule has 10 rings (SSSR count). The van der Waals surface area contributed by atoms with E-state index in [-0.39, 0.29) is 17.9 Å². The van der Waals surface area contributed by atoms with Crippen molar-refractivity contribution in [1.82, 2.24) is 49.3 Å². The molecular weight excluding hydrogens is 835 g/mol. The van der Waals surface area contributed by atoms with Gasteiger partial charge < -0.3 is 29.9 Å². The Morgan fingerprint density at radius 2 is 1.19 bits per heavy atom. The molecule has 13 nitrogen and oxygen atoms in total. The number of carbonyl (C=O) groups excluding carboxylic acids is 2. The number of likely N-dealkylation sites (tertiary alicyclic amines) is 2. The summed E-state index contributed by atoms with van der Waals surface area (Å²) in [4.78, 5) is 59.0. The number of aromatic amines is 1. The van der Waals surface area contributed by atoms with Crippen LogP contribution in [0, 0.1) is 5.92 Å². The van der Waals surface area contributed by atoms with Crippen LogP contribution in [0.1, 0.15) is 53.4 Å². The normalized spacial score (nSPS) is 20.0. The van der Waals surface area contributed by atoms with Crippen molar-refractivity contribution in [2.24, 2.45) is 5.92 Å². The molecule has 4 aliphatic rings. The minimum absolute atomic E-state index is 0.0572. The van der Waals surface area contributed by atoms with Gasteiger partial charge in [-0.1, -0.05) is 72.8 Å². The first-order valence-corrected chi connectivity index (χ1v) is 24.5. The van der Waals surface area contributed by atoms with E-state index in [0.29, 0.717) is 24.7 Å². The summed E-state index contributed by atoms with van der Waals surface area (Å²) in [6.45, 7) is 13.4. The van der Waals surface area contributed by atoms with E-state index >= 15 is 0 Å². The van der Waals surface area contributed by atoms with Crippen LogP contribution in [-0.4, -0.2) is 154 Å². The van der Waals surface area contributed by atoms with Gasteiger partial charge in [0.25, 0.3) is 0 Å². The molecule has 4 fully saturated rings. The second-order valence-electron chi connectivity index (χ2n) is 19.4. The zero-order valence-electron chi connectivity index (χ0n) is 39.2. The SMILES string of the molecule is CN1CCN(Cc2ccccc2CC(=O)N2CC[C@H](CNc3ncc(-c4ccc5cc(-c6cnc([C@@H]7CCCN7C(=O)Cc7ccccc7CN7CCN(C)CC7)[nH]6)ccc5c4)cn3)C2)CC1. The molecule has 4 aliphatic heterocycles. The molecule has 348 valence electrons. The number of fused-ring (bicyclic) bond motifs is 1. The van der Waals surface area contributed by atoms with Crippen LogP contribution < -0.4 is 5.32 Å². The van der Waals surface area contributed by atoms with E-state index in [1.54, 1.807) is 0 Å². The quantitative estimate of drug-likeness (QED) is 0.124. The van der Waals surface area contributed by atoms with Gasteiger partial charge in [-0.15, -0.1) is 0 Å². The lowest BCUT2D eigenvalue weighted by molar-refractivity contribution is -0.131. The number of hydrogen-bond donors (Lipinski definition) is 2. The van der Waals surface area contributed by atoms with E-state index in [4.69, 9.17) is 4.98 Å². The standard InChI is InChI=1S/C54H65N11O2/c1-60-20-24-62(25-21-60)37-46-10-5-3-8-40(46)30-51(66)64-19-17-39(36-64)32-56-54-57-33-48(34-58-54)44-14-13-43-29-45(16-15-42(43)28-44)49-35-55-53(59-49)50-12-7-18-65(50)52(67)31-41-9-4-6-11-47(41)38-63-26-22-61(2)23-27-63/h3-6,8-11,13-16,28-29,33-35,39,50H,7,12,17-27,30-32,36-38H2,1-2H3,(H,55,59)(H,56,57,58)/t39-,50+/m1/s1. The number of imidazole rings is 1. The van der Waals surface area contributed by atoms with Crippen LogP contribution in [-0.2, 0) is 35.5 Å². The first-order valence-electron chi connectivity index (χ1n) is 24.5. The summed E-state index contributed by atoms with van der Waals surface area (Å²) in [6.07, 6.45) is 9.36. The number of rotatable bonds is 14. The van der Waals surface area contributed by atoms with Crippen LogP contribution in [0.15, 0.2) is 104 Å². The van der Waals surface area contributed by atoms with Crippen molar-refractivity contribution in [1.29, 1.82) is 0 Å². The van der Waals surface area contributed by atoms with Gasteiger partial charge >= 0.3 is 0 Å². The molecular formula is C54H65N11O2. The van der Waals surface area contributed by atoms with Gasteiger partial charge in [-0.3, -0.25) is 19.4 Å². The molecule has 0 spiro atoms. The molecule has 0 saturated carbocycles. The van der Waals surface area contributed by atoms with E-state index in [2.05, 4.69) is 139 Å². The van der Waals surface area contributed by atoms with E-state index in [1.165, 1.54) is 11.1 Å². The molecule has 4 aromatic carbocycles. The topological polar surface area (TPSA) is 120 Å². The first kappa shape index (κ1) is 44.8. The lowest BCUT2D eigenvalue weighted by Crippen LogP contribution is -2.44. The van der Waals surface area contributed by atoms with E-state index in [0.717, 1.165) is 161 Å². The Morgan fingerprint density at radius 3 is 1.84 bits per heavy atom. The van der Waals surface area contributed by atoms with Crippen LogP contribution in [0.2, 0.25) is 0 Å². The largest absolute Gasteiger partial charge is 0.354 e. The molecule has 0 unspecified atom stereocenters. The minimum Gasteiger partial charge on any atom is -0.354 e. The molecule has 0 radical (unpaired) electrons. The fourth-order valence-electron chi connectivity index (χ4n) is 10.4. The smallest absolute Gasteiger partial charge is 0.227 e. The average Bonchev–Trinajstić information content (AvgIpc) is 4.16. The number of nitrogens with zero attached hydrogens (tertiary/aromatic N) is 9. The molecule has 0 aliphatic carbocycles. The Kier molecular flexibility index (Phi) is 13.7. The Hall–Kier alpha value is -5.99. The third-order valence-electron chi connectivity index (χ3n) is 14.7.